The zero-order valence-electron chi connectivity index (χ0n) is 8.27. The predicted octanol–water partition coefficient (Wildman–Crippen LogP) is 2.14. The largest absolute Gasteiger partial charge is 0.410 e. The third kappa shape index (κ3) is 2.09. The number of nitrogens with zero attached hydrogens (tertiary/aromatic N) is 3. The van der Waals surface area contributed by atoms with E-state index in [4.69, 9.17) is 10.5 Å². The summed E-state index contributed by atoms with van der Waals surface area (Å²) >= 11 is 1.31. The maximum Gasteiger partial charge on any atom is 0.215 e. The van der Waals surface area contributed by atoms with Crippen LogP contribution in [-0.2, 0) is 5.41 Å². The summed E-state index contributed by atoms with van der Waals surface area (Å²) in [6, 6.07) is 1.78. The third-order valence-corrected chi connectivity index (χ3v) is 2.53. The van der Waals surface area contributed by atoms with Crippen LogP contribution in [0.5, 0.6) is 0 Å². The van der Waals surface area contributed by atoms with Gasteiger partial charge in [-0.1, -0.05) is 25.9 Å². The van der Waals surface area contributed by atoms with Gasteiger partial charge in [0.1, 0.15) is 6.07 Å². The van der Waals surface area contributed by atoms with Gasteiger partial charge in [0.25, 0.3) is 0 Å². The Hall–Kier alpha value is -1.41. The molecule has 1 N–H and O–H groups in total. The fourth-order valence-corrected chi connectivity index (χ4v) is 1.82. The topological polar surface area (TPSA) is 69.3 Å². The van der Waals surface area contributed by atoms with E-state index in [0.717, 1.165) is 5.69 Å². The Morgan fingerprint density at radius 3 is 2.64 bits per heavy atom. The summed E-state index contributed by atoms with van der Waals surface area (Å²) in [4.78, 5) is 4.23. The van der Waals surface area contributed by atoms with Crippen LogP contribution in [-0.4, -0.2) is 15.9 Å². The lowest BCUT2D eigenvalue weighted by Crippen LogP contribution is -2.12. The Morgan fingerprint density at radius 1 is 1.64 bits per heavy atom. The van der Waals surface area contributed by atoms with Crippen LogP contribution in [0.1, 0.15) is 31.5 Å². The molecular formula is C9H11N3OS. The molecule has 0 bridgehead atoms. The number of hydrogen-bond donors (Lipinski definition) is 1. The summed E-state index contributed by atoms with van der Waals surface area (Å²) in [7, 11) is 0. The molecule has 1 heterocycles. The number of rotatable bonds is 1. The predicted molar refractivity (Wildman–Crippen MR) is 54.8 cm³/mol. The highest BCUT2D eigenvalue weighted by molar-refractivity contribution is 7.12. The van der Waals surface area contributed by atoms with E-state index in [2.05, 4.69) is 10.1 Å². The SMILES string of the molecule is CC(C)(C)c1csc(C(C#N)=NO)n1. The van der Waals surface area contributed by atoms with Gasteiger partial charge in [0, 0.05) is 10.8 Å². The second kappa shape index (κ2) is 3.76. The quantitative estimate of drug-likeness (QED) is 0.437. The van der Waals surface area contributed by atoms with Crippen LogP contribution in [0, 0.1) is 11.3 Å². The van der Waals surface area contributed by atoms with E-state index in [0.29, 0.717) is 5.01 Å². The Kier molecular flexibility index (Phi) is 2.87. The zero-order valence-corrected chi connectivity index (χ0v) is 9.09. The van der Waals surface area contributed by atoms with Gasteiger partial charge in [-0.3, -0.25) is 0 Å². The standard InChI is InChI=1S/C9H11N3OS/c1-9(2,3)7-5-14-8(11-7)6(4-10)12-13/h5,13H,1-3H3. The minimum absolute atomic E-state index is 0.0366. The second-order valence-corrected chi connectivity index (χ2v) is 4.71. The highest BCUT2D eigenvalue weighted by atomic mass is 32.1. The average Bonchev–Trinajstić information content (AvgIpc) is 2.54. The van der Waals surface area contributed by atoms with Crippen LogP contribution in [0.25, 0.3) is 0 Å². The van der Waals surface area contributed by atoms with Crippen molar-refractivity contribution in [2.75, 3.05) is 0 Å². The molecule has 0 saturated heterocycles. The van der Waals surface area contributed by atoms with Crippen molar-refractivity contribution in [2.24, 2.45) is 5.16 Å². The van der Waals surface area contributed by atoms with Crippen molar-refractivity contribution in [2.45, 2.75) is 26.2 Å². The summed E-state index contributed by atoms with van der Waals surface area (Å²) in [5.41, 5.74) is 0.810. The van der Waals surface area contributed by atoms with Gasteiger partial charge < -0.3 is 5.21 Å². The van der Waals surface area contributed by atoms with Gasteiger partial charge in [0.2, 0.25) is 5.71 Å². The van der Waals surface area contributed by atoms with Crippen LogP contribution < -0.4 is 0 Å². The Morgan fingerprint density at radius 2 is 2.29 bits per heavy atom. The monoisotopic (exact) mass is 209 g/mol. The lowest BCUT2D eigenvalue weighted by Gasteiger charge is -2.13. The van der Waals surface area contributed by atoms with Crippen LogP contribution >= 0.6 is 11.3 Å². The van der Waals surface area contributed by atoms with Crippen LogP contribution in [0.15, 0.2) is 10.5 Å². The molecule has 0 saturated carbocycles. The first-order chi connectivity index (χ1) is 6.49. The van der Waals surface area contributed by atoms with E-state index in [1.807, 2.05) is 26.2 Å². The average molecular weight is 209 g/mol. The van der Waals surface area contributed by atoms with Crippen molar-refractivity contribution < 1.29 is 5.21 Å². The minimum Gasteiger partial charge on any atom is -0.410 e. The van der Waals surface area contributed by atoms with Crippen LogP contribution in [0.4, 0.5) is 0 Å². The third-order valence-electron chi connectivity index (χ3n) is 1.68. The smallest absolute Gasteiger partial charge is 0.215 e. The van der Waals surface area contributed by atoms with E-state index in [1.54, 1.807) is 6.07 Å². The summed E-state index contributed by atoms with van der Waals surface area (Å²) in [5, 5.41) is 22.3. The molecule has 0 aromatic carbocycles. The highest BCUT2D eigenvalue weighted by Gasteiger charge is 2.19. The lowest BCUT2D eigenvalue weighted by molar-refractivity contribution is 0.320. The van der Waals surface area contributed by atoms with Crippen molar-refractivity contribution in [3.8, 4) is 6.07 Å². The summed E-state index contributed by atoms with van der Waals surface area (Å²) in [5.74, 6) is 0. The van der Waals surface area contributed by atoms with Crippen molar-refractivity contribution in [1.82, 2.24) is 4.98 Å². The van der Waals surface area contributed by atoms with Gasteiger partial charge in [-0.05, 0) is 0 Å². The molecule has 0 spiro atoms. The maximum atomic E-state index is 8.62. The summed E-state index contributed by atoms with van der Waals surface area (Å²) in [6.45, 7) is 6.11. The van der Waals surface area contributed by atoms with Crippen molar-refractivity contribution in [1.29, 1.82) is 5.26 Å². The fourth-order valence-electron chi connectivity index (χ4n) is 0.840. The molecule has 0 atom stereocenters. The highest BCUT2D eigenvalue weighted by Crippen LogP contribution is 2.23. The van der Waals surface area contributed by atoms with Crippen LogP contribution in [0.2, 0.25) is 0 Å². The first-order valence-electron chi connectivity index (χ1n) is 4.07. The molecule has 1 aromatic rings. The second-order valence-electron chi connectivity index (χ2n) is 3.85. The molecule has 0 radical (unpaired) electrons. The first-order valence-corrected chi connectivity index (χ1v) is 4.95. The Balaban J connectivity index is 3.07. The molecule has 0 amide bonds. The molecule has 14 heavy (non-hydrogen) atoms. The van der Waals surface area contributed by atoms with E-state index >= 15 is 0 Å². The molecule has 0 aliphatic heterocycles. The number of thiazole rings is 1. The lowest BCUT2D eigenvalue weighted by atomic mass is 9.93. The molecule has 0 aliphatic rings. The van der Waals surface area contributed by atoms with Gasteiger partial charge in [-0.15, -0.1) is 11.3 Å². The first kappa shape index (κ1) is 10.7. The van der Waals surface area contributed by atoms with Gasteiger partial charge in [0.15, 0.2) is 5.01 Å². The molecule has 0 aliphatic carbocycles. The summed E-state index contributed by atoms with van der Waals surface area (Å²) < 4.78 is 0. The Labute approximate surface area is 86.5 Å². The maximum absolute atomic E-state index is 8.62. The van der Waals surface area contributed by atoms with Crippen molar-refractivity contribution in [3.63, 3.8) is 0 Å². The molecule has 1 rings (SSSR count). The van der Waals surface area contributed by atoms with Crippen molar-refractivity contribution in [3.05, 3.63) is 16.1 Å². The van der Waals surface area contributed by atoms with Gasteiger partial charge in [-0.25, -0.2) is 4.98 Å². The summed E-state index contributed by atoms with van der Waals surface area (Å²) in [6.07, 6.45) is 0. The van der Waals surface area contributed by atoms with Crippen LogP contribution in [0.3, 0.4) is 0 Å². The number of oxime groups is 1. The zero-order chi connectivity index (χ0) is 10.8. The van der Waals surface area contributed by atoms with E-state index in [-0.39, 0.29) is 11.1 Å². The van der Waals surface area contributed by atoms with E-state index in [1.165, 1.54) is 11.3 Å². The van der Waals surface area contributed by atoms with Gasteiger partial charge >= 0.3 is 0 Å². The molecule has 1 aromatic heterocycles. The van der Waals surface area contributed by atoms with Gasteiger partial charge in [-0.2, -0.15) is 5.26 Å². The van der Waals surface area contributed by atoms with E-state index < -0.39 is 0 Å². The number of aromatic nitrogens is 1. The van der Waals surface area contributed by atoms with Crippen molar-refractivity contribution >= 4 is 17.0 Å². The number of hydrogen-bond acceptors (Lipinski definition) is 5. The molecule has 0 fully saturated rings. The number of nitriles is 1. The minimum atomic E-state index is -0.0508. The fraction of sp³-hybridized carbons (Fsp3) is 0.444. The molecule has 74 valence electrons. The molecule has 0 unspecified atom stereocenters. The molecule has 5 heteroatoms. The van der Waals surface area contributed by atoms with E-state index in [9.17, 15) is 0 Å². The normalized spacial score (nSPS) is 12.6. The molecule has 4 nitrogen and oxygen atoms in total. The Bertz CT molecular complexity index is 395. The molecular weight excluding hydrogens is 198 g/mol. The van der Waals surface area contributed by atoms with Gasteiger partial charge in [0.05, 0.1) is 5.69 Å².